The Morgan fingerprint density at radius 2 is 1.65 bits per heavy atom. The number of piperidine rings is 1. The van der Waals surface area contributed by atoms with Crippen molar-refractivity contribution in [3.63, 3.8) is 0 Å². The van der Waals surface area contributed by atoms with Crippen molar-refractivity contribution in [1.29, 1.82) is 0 Å². The van der Waals surface area contributed by atoms with Gasteiger partial charge in [0.05, 0.1) is 0 Å². The van der Waals surface area contributed by atoms with E-state index in [1.807, 2.05) is 37.4 Å². The van der Waals surface area contributed by atoms with Crippen molar-refractivity contribution in [2.45, 2.75) is 71.1 Å². The summed E-state index contributed by atoms with van der Waals surface area (Å²) >= 11 is 1.23. The molecule has 2 rings (SSSR count). The zero-order chi connectivity index (χ0) is 17.3. The summed E-state index contributed by atoms with van der Waals surface area (Å²) in [6.07, 6.45) is 4.60. The Balaban J connectivity index is 2.33. The van der Waals surface area contributed by atoms with E-state index >= 15 is 0 Å². The molecule has 1 aromatic rings. The first-order valence-corrected chi connectivity index (χ1v) is 9.51. The number of aryl methyl sites for hydroxylation is 1. The summed E-state index contributed by atoms with van der Waals surface area (Å²) in [6.45, 7) is 10.8. The predicted molar refractivity (Wildman–Crippen MR) is 97.4 cm³/mol. The molecule has 0 amide bonds. The SMILES string of the molecule is CSC(=O)[C@H](ON1C(C)(C)CCCC1(C)C)c1ccc(C)cc1. The first-order chi connectivity index (χ1) is 10.7. The molecule has 0 N–H and O–H groups in total. The molecular formula is C19H29NO2S. The molecule has 1 heterocycles. The Bertz CT molecular complexity index is 535. The monoisotopic (exact) mass is 335 g/mol. The van der Waals surface area contributed by atoms with Crippen LogP contribution >= 0.6 is 11.8 Å². The Kier molecular flexibility index (Phi) is 5.59. The van der Waals surface area contributed by atoms with Crippen molar-refractivity contribution in [2.24, 2.45) is 0 Å². The van der Waals surface area contributed by atoms with Crippen LogP contribution in [0.3, 0.4) is 0 Å². The number of hydrogen-bond acceptors (Lipinski definition) is 4. The van der Waals surface area contributed by atoms with Crippen LogP contribution in [0.25, 0.3) is 0 Å². The van der Waals surface area contributed by atoms with Gasteiger partial charge in [0.15, 0.2) is 6.10 Å². The lowest BCUT2D eigenvalue weighted by Gasteiger charge is -2.52. The molecular weight excluding hydrogens is 306 g/mol. The lowest BCUT2D eigenvalue weighted by Crippen LogP contribution is -2.58. The average Bonchev–Trinajstić information content (AvgIpc) is 2.46. The Morgan fingerprint density at radius 3 is 2.13 bits per heavy atom. The minimum Gasteiger partial charge on any atom is -0.284 e. The number of nitrogens with zero attached hydrogens (tertiary/aromatic N) is 1. The van der Waals surface area contributed by atoms with E-state index in [0.717, 1.165) is 18.4 Å². The highest BCUT2D eigenvalue weighted by molar-refractivity contribution is 8.13. The van der Waals surface area contributed by atoms with Crippen molar-refractivity contribution in [3.8, 4) is 0 Å². The maximum atomic E-state index is 12.5. The molecule has 1 aliphatic rings. The maximum Gasteiger partial charge on any atom is 0.224 e. The zero-order valence-corrected chi connectivity index (χ0v) is 16.0. The Hall–Kier alpha value is -0.840. The number of benzene rings is 1. The van der Waals surface area contributed by atoms with Gasteiger partial charge in [-0.2, -0.15) is 5.06 Å². The van der Waals surface area contributed by atoms with Gasteiger partial charge in [0.25, 0.3) is 0 Å². The van der Waals surface area contributed by atoms with E-state index in [1.54, 1.807) is 0 Å². The average molecular weight is 336 g/mol. The van der Waals surface area contributed by atoms with Crippen LogP contribution in [0, 0.1) is 6.92 Å². The van der Waals surface area contributed by atoms with E-state index in [9.17, 15) is 4.79 Å². The fourth-order valence-corrected chi connectivity index (χ4v) is 3.85. The molecule has 128 valence electrons. The minimum absolute atomic E-state index is 0.0472. The molecule has 1 atom stereocenters. The predicted octanol–water partition coefficient (Wildman–Crippen LogP) is 4.90. The molecule has 0 spiro atoms. The second kappa shape index (κ2) is 6.96. The number of carbonyl (C=O) groups is 1. The van der Waals surface area contributed by atoms with Crippen molar-refractivity contribution in [2.75, 3.05) is 6.26 Å². The number of rotatable bonds is 4. The standard InChI is InChI=1S/C19H29NO2S/c1-14-8-10-15(11-9-14)16(17(21)23-6)22-20-18(2,3)12-7-13-19(20,4)5/h8-11,16H,7,12-13H2,1-6H3/t16-/m1/s1. The third kappa shape index (κ3) is 4.17. The van der Waals surface area contributed by atoms with E-state index in [0.29, 0.717) is 0 Å². The number of hydrogen-bond donors (Lipinski definition) is 0. The van der Waals surface area contributed by atoms with Crippen molar-refractivity contribution < 1.29 is 9.63 Å². The van der Waals surface area contributed by atoms with Crippen LogP contribution in [0.2, 0.25) is 0 Å². The third-order valence-electron chi connectivity index (χ3n) is 4.68. The fourth-order valence-electron chi connectivity index (χ4n) is 3.46. The van der Waals surface area contributed by atoms with Gasteiger partial charge >= 0.3 is 0 Å². The second-order valence-corrected chi connectivity index (χ2v) is 8.50. The third-order valence-corrected chi connectivity index (χ3v) is 5.30. The van der Waals surface area contributed by atoms with Crippen LogP contribution in [0.4, 0.5) is 0 Å². The summed E-state index contributed by atoms with van der Waals surface area (Å²) in [7, 11) is 0. The molecule has 0 aromatic heterocycles. The molecule has 0 radical (unpaired) electrons. The second-order valence-electron chi connectivity index (χ2n) is 7.69. The number of carbonyl (C=O) groups excluding carboxylic acids is 1. The summed E-state index contributed by atoms with van der Waals surface area (Å²) in [6, 6.07) is 8.06. The smallest absolute Gasteiger partial charge is 0.224 e. The van der Waals surface area contributed by atoms with Crippen molar-refractivity contribution >= 4 is 16.9 Å². The molecule has 1 saturated heterocycles. The van der Waals surface area contributed by atoms with E-state index in [4.69, 9.17) is 4.84 Å². The summed E-state index contributed by atoms with van der Waals surface area (Å²) in [5, 5.41) is 2.12. The number of thioether (sulfide) groups is 1. The van der Waals surface area contributed by atoms with Gasteiger partial charge in [-0.3, -0.25) is 9.63 Å². The van der Waals surface area contributed by atoms with Crippen LogP contribution in [-0.4, -0.2) is 27.5 Å². The summed E-state index contributed by atoms with van der Waals surface area (Å²) in [5.41, 5.74) is 1.95. The van der Waals surface area contributed by atoms with Gasteiger partial charge in [-0.25, -0.2) is 0 Å². The lowest BCUT2D eigenvalue weighted by molar-refractivity contribution is -0.299. The molecule has 1 fully saturated rings. The highest BCUT2D eigenvalue weighted by atomic mass is 32.2. The van der Waals surface area contributed by atoms with Crippen LogP contribution in [0.1, 0.15) is 64.2 Å². The van der Waals surface area contributed by atoms with E-state index < -0.39 is 6.10 Å². The molecule has 0 unspecified atom stereocenters. The van der Waals surface area contributed by atoms with Gasteiger partial charge in [-0.05, 0) is 65.7 Å². The van der Waals surface area contributed by atoms with Crippen molar-refractivity contribution in [1.82, 2.24) is 5.06 Å². The van der Waals surface area contributed by atoms with E-state index in [1.165, 1.54) is 23.7 Å². The first-order valence-electron chi connectivity index (χ1n) is 8.29. The van der Waals surface area contributed by atoms with Gasteiger partial charge in [0, 0.05) is 11.1 Å². The van der Waals surface area contributed by atoms with E-state index in [-0.39, 0.29) is 16.2 Å². The normalized spacial score (nSPS) is 21.8. The molecule has 1 aliphatic heterocycles. The molecule has 3 nitrogen and oxygen atoms in total. The highest BCUT2D eigenvalue weighted by Gasteiger charge is 2.44. The van der Waals surface area contributed by atoms with Crippen LogP contribution in [-0.2, 0) is 9.63 Å². The quantitative estimate of drug-likeness (QED) is 0.782. The highest BCUT2D eigenvalue weighted by Crippen LogP contribution is 2.41. The summed E-state index contributed by atoms with van der Waals surface area (Å²) < 4.78 is 0. The molecule has 23 heavy (non-hydrogen) atoms. The van der Waals surface area contributed by atoms with Crippen LogP contribution in [0.15, 0.2) is 24.3 Å². The molecule has 0 saturated carbocycles. The zero-order valence-electron chi connectivity index (χ0n) is 15.2. The summed E-state index contributed by atoms with van der Waals surface area (Å²) in [4.78, 5) is 18.9. The van der Waals surface area contributed by atoms with Crippen molar-refractivity contribution in [3.05, 3.63) is 35.4 Å². The molecule has 0 bridgehead atoms. The summed E-state index contributed by atoms with van der Waals surface area (Å²) in [5.74, 6) is 0. The first kappa shape index (κ1) is 18.5. The van der Waals surface area contributed by atoms with Gasteiger partial charge in [0.2, 0.25) is 5.12 Å². The maximum absolute atomic E-state index is 12.5. The molecule has 0 aliphatic carbocycles. The van der Waals surface area contributed by atoms with Gasteiger partial charge in [-0.1, -0.05) is 41.6 Å². The largest absolute Gasteiger partial charge is 0.284 e. The Morgan fingerprint density at radius 1 is 1.13 bits per heavy atom. The lowest BCUT2D eigenvalue weighted by atomic mass is 9.82. The number of hydroxylamine groups is 2. The minimum atomic E-state index is -0.553. The molecule has 1 aromatic carbocycles. The van der Waals surface area contributed by atoms with Crippen LogP contribution in [0.5, 0.6) is 0 Å². The van der Waals surface area contributed by atoms with Gasteiger partial charge in [-0.15, -0.1) is 0 Å². The van der Waals surface area contributed by atoms with Gasteiger partial charge in [0.1, 0.15) is 0 Å². The topological polar surface area (TPSA) is 29.5 Å². The van der Waals surface area contributed by atoms with Gasteiger partial charge < -0.3 is 0 Å². The Labute approximate surface area is 144 Å². The van der Waals surface area contributed by atoms with E-state index in [2.05, 4.69) is 32.8 Å². The van der Waals surface area contributed by atoms with Crippen LogP contribution < -0.4 is 0 Å². The molecule has 4 heteroatoms. The fraction of sp³-hybridized carbons (Fsp3) is 0.632.